The van der Waals surface area contributed by atoms with Crippen LogP contribution in [0.1, 0.15) is 71.6 Å². The Morgan fingerprint density at radius 2 is 1.71 bits per heavy atom. The molecular formula is C24H35N3O4. The molecule has 0 spiro atoms. The van der Waals surface area contributed by atoms with Crippen LogP contribution in [0.3, 0.4) is 0 Å². The number of alkyl carbamates (subject to hydrolysis) is 1. The van der Waals surface area contributed by atoms with E-state index in [1.54, 1.807) is 59.0 Å². The quantitative estimate of drug-likeness (QED) is 0.620. The summed E-state index contributed by atoms with van der Waals surface area (Å²) in [6.45, 7) is 10.7. The van der Waals surface area contributed by atoms with Gasteiger partial charge >= 0.3 is 6.09 Å². The fraction of sp³-hybridized carbons (Fsp3) is 0.542. The van der Waals surface area contributed by atoms with Crippen LogP contribution in [0.4, 0.5) is 4.79 Å². The maximum absolute atomic E-state index is 13.1. The largest absolute Gasteiger partial charge is 0.444 e. The number of likely N-dealkylation sites (N-methyl/N-ethyl adjacent to an activating group) is 1. The van der Waals surface area contributed by atoms with Crippen molar-refractivity contribution < 1.29 is 19.1 Å². The van der Waals surface area contributed by atoms with Crippen LogP contribution in [0.5, 0.6) is 0 Å². The topological polar surface area (TPSA) is 87.7 Å². The van der Waals surface area contributed by atoms with E-state index in [-0.39, 0.29) is 11.9 Å². The number of carbonyl (C=O) groups excluding carboxylic acids is 3. The van der Waals surface area contributed by atoms with Gasteiger partial charge in [0.25, 0.3) is 0 Å². The van der Waals surface area contributed by atoms with Crippen molar-refractivity contribution in [1.82, 2.24) is 15.5 Å². The SMILES string of the molecule is C#Cc1ccc(C(C(=O)NC(C)CCC)N(C)C(=O)C(C)NC(=O)OC(C)(C)C)cc1. The van der Waals surface area contributed by atoms with Crippen LogP contribution in [0.15, 0.2) is 24.3 Å². The summed E-state index contributed by atoms with van der Waals surface area (Å²) in [5.41, 5.74) is 0.617. The summed E-state index contributed by atoms with van der Waals surface area (Å²) in [6, 6.07) is 5.14. The lowest BCUT2D eigenvalue weighted by Crippen LogP contribution is -2.51. The van der Waals surface area contributed by atoms with Gasteiger partial charge in [-0.1, -0.05) is 31.4 Å². The Morgan fingerprint density at radius 1 is 1.13 bits per heavy atom. The van der Waals surface area contributed by atoms with Crippen molar-refractivity contribution in [2.24, 2.45) is 0 Å². The molecule has 0 fully saturated rings. The molecule has 0 bridgehead atoms. The van der Waals surface area contributed by atoms with Crippen LogP contribution in [0.2, 0.25) is 0 Å². The lowest BCUT2D eigenvalue weighted by Gasteiger charge is -2.31. The minimum atomic E-state index is -0.881. The predicted octanol–water partition coefficient (Wildman–Crippen LogP) is 3.39. The first-order valence-electron chi connectivity index (χ1n) is 10.5. The van der Waals surface area contributed by atoms with E-state index in [1.807, 2.05) is 13.8 Å². The van der Waals surface area contributed by atoms with Gasteiger partial charge in [-0.05, 0) is 58.7 Å². The maximum atomic E-state index is 13.1. The number of amides is 3. The third-order valence-corrected chi connectivity index (χ3v) is 4.59. The van der Waals surface area contributed by atoms with Crippen LogP contribution in [-0.4, -0.2) is 47.5 Å². The van der Waals surface area contributed by atoms with Crippen molar-refractivity contribution in [2.45, 2.75) is 78.1 Å². The molecule has 1 aromatic rings. The molecule has 0 aliphatic heterocycles. The highest BCUT2D eigenvalue weighted by molar-refractivity contribution is 5.91. The highest BCUT2D eigenvalue weighted by atomic mass is 16.6. The molecule has 0 aliphatic carbocycles. The number of nitrogens with zero attached hydrogens (tertiary/aromatic N) is 1. The van der Waals surface area contributed by atoms with Gasteiger partial charge in [0.05, 0.1) is 0 Å². The minimum absolute atomic E-state index is 0.0363. The molecule has 3 atom stereocenters. The smallest absolute Gasteiger partial charge is 0.408 e. The van der Waals surface area contributed by atoms with Crippen LogP contribution < -0.4 is 10.6 Å². The number of rotatable bonds is 8. The Kier molecular flexibility index (Phi) is 9.57. The molecule has 0 aliphatic rings. The molecular weight excluding hydrogens is 394 g/mol. The summed E-state index contributed by atoms with van der Waals surface area (Å²) in [4.78, 5) is 39.5. The molecule has 170 valence electrons. The summed E-state index contributed by atoms with van der Waals surface area (Å²) >= 11 is 0. The number of hydrogen-bond donors (Lipinski definition) is 2. The standard InChI is InChI=1S/C24H35N3O4/c1-9-11-16(3)25-21(28)20(19-14-12-18(10-2)13-15-19)27(8)22(29)17(4)26-23(30)31-24(5,6)7/h2,12-17,20H,9,11H2,1,3-8H3,(H,25,28)(H,26,30). The van der Waals surface area contributed by atoms with Crippen molar-refractivity contribution in [2.75, 3.05) is 7.05 Å². The summed E-state index contributed by atoms with van der Waals surface area (Å²) in [5, 5.41) is 5.50. The highest BCUT2D eigenvalue weighted by Gasteiger charge is 2.32. The third kappa shape index (κ3) is 8.33. The number of ether oxygens (including phenoxy) is 1. The summed E-state index contributed by atoms with van der Waals surface area (Å²) in [7, 11) is 1.54. The molecule has 0 heterocycles. The van der Waals surface area contributed by atoms with Crippen molar-refractivity contribution in [1.29, 1.82) is 0 Å². The Morgan fingerprint density at radius 3 is 2.19 bits per heavy atom. The monoisotopic (exact) mass is 429 g/mol. The number of terminal acetylenes is 1. The molecule has 2 N–H and O–H groups in total. The van der Waals surface area contributed by atoms with Crippen LogP contribution in [0, 0.1) is 12.3 Å². The van der Waals surface area contributed by atoms with Gasteiger partial charge in [-0.3, -0.25) is 9.59 Å². The van der Waals surface area contributed by atoms with E-state index in [0.717, 1.165) is 12.8 Å². The zero-order valence-electron chi connectivity index (χ0n) is 19.6. The molecule has 31 heavy (non-hydrogen) atoms. The van der Waals surface area contributed by atoms with Gasteiger partial charge in [0.1, 0.15) is 17.7 Å². The van der Waals surface area contributed by atoms with Gasteiger partial charge in [0.15, 0.2) is 0 Å². The Bertz CT molecular complexity index is 806. The number of nitrogens with one attached hydrogen (secondary N) is 2. The molecule has 3 amide bonds. The second-order valence-electron chi connectivity index (χ2n) is 8.68. The highest BCUT2D eigenvalue weighted by Crippen LogP contribution is 2.22. The van der Waals surface area contributed by atoms with Crippen LogP contribution >= 0.6 is 0 Å². The Balaban J connectivity index is 3.09. The zero-order valence-corrected chi connectivity index (χ0v) is 19.6. The second kappa shape index (κ2) is 11.4. The van der Waals surface area contributed by atoms with E-state index in [2.05, 4.69) is 16.6 Å². The fourth-order valence-electron chi connectivity index (χ4n) is 3.12. The third-order valence-electron chi connectivity index (χ3n) is 4.59. The van der Waals surface area contributed by atoms with E-state index < -0.39 is 29.7 Å². The maximum Gasteiger partial charge on any atom is 0.408 e. The van der Waals surface area contributed by atoms with Gasteiger partial charge < -0.3 is 20.3 Å². The van der Waals surface area contributed by atoms with Gasteiger partial charge in [-0.2, -0.15) is 0 Å². The van der Waals surface area contributed by atoms with Crippen molar-refractivity contribution in [3.05, 3.63) is 35.4 Å². The summed E-state index contributed by atoms with van der Waals surface area (Å²) in [5.74, 6) is 1.82. The number of benzene rings is 1. The van der Waals surface area contributed by atoms with Crippen molar-refractivity contribution in [3.63, 3.8) is 0 Å². The fourth-order valence-corrected chi connectivity index (χ4v) is 3.12. The average molecular weight is 430 g/mol. The van der Waals surface area contributed by atoms with Gasteiger partial charge in [-0.15, -0.1) is 6.42 Å². The van der Waals surface area contributed by atoms with E-state index in [1.165, 1.54) is 4.90 Å². The molecule has 1 aromatic carbocycles. The second-order valence-corrected chi connectivity index (χ2v) is 8.68. The first-order valence-corrected chi connectivity index (χ1v) is 10.5. The van der Waals surface area contributed by atoms with Gasteiger partial charge in [0.2, 0.25) is 11.8 Å². The molecule has 7 heteroatoms. The lowest BCUT2D eigenvalue weighted by atomic mass is 10.0. The van der Waals surface area contributed by atoms with Gasteiger partial charge in [0, 0.05) is 18.7 Å². The van der Waals surface area contributed by atoms with Crippen molar-refractivity contribution >= 4 is 17.9 Å². The van der Waals surface area contributed by atoms with Crippen LogP contribution in [0.25, 0.3) is 0 Å². The van der Waals surface area contributed by atoms with E-state index in [0.29, 0.717) is 11.1 Å². The lowest BCUT2D eigenvalue weighted by molar-refractivity contribution is -0.140. The van der Waals surface area contributed by atoms with Gasteiger partial charge in [-0.25, -0.2) is 4.79 Å². The summed E-state index contributed by atoms with van der Waals surface area (Å²) in [6.07, 6.45) is 6.48. The predicted molar refractivity (Wildman–Crippen MR) is 121 cm³/mol. The molecule has 0 saturated heterocycles. The molecule has 0 aromatic heterocycles. The molecule has 1 rings (SSSR count). The molecule has 7 nitrogen and oxygen atoms in total. The minimum Gasteiger partial charge on any atom is -0.444 e. The Labute approximate surface area is 185 Å². The molecule has 0 saturated carbocycles. The van der Waals surface area contributed by atoms with Crippen molar-refractivity contribution in [3.8, 4) is 12.3 Å². The number of carbonyl (C=O) groups is 3. The zero-order chi connectivity index (χ0) is 23.8. The number of hydrogen-bond acceptors (Lipinski definition) is 4. The summed E-state index contributed by atoms with van der Waals surface area (Å²) < 4.78 is 5.22. The first kappa shape index (κ1) is 26.0. The van der Waals surface area contributed by atoms with E-state index >= 15 is 0 Å². The average Bonchev–Trinajstić information content (AvgIpc) is 2.66. The first-order chi connectivity index (χ1) is 14.4. The van der Waals surface area contributed by atoms with E-state index in [4.69, 9.17) is 11.2 Å². The molecule has 0 radical (unpaired) electrons. The normalized spacial score (nSPS) is 13.9. The Hall–Kier alpha value is -3.01. The van der Waals surface area contributed by atoms with E-state index in [9.17, 15) is 14.4 Å². The molecule has 3 unspecified atom stereocenters. The van der Waals surface area contributed by atoms with Crippen LogP contribution in [-0.2, 0) is 14.3 Å².